The van der Waals surface area contributed by atoms with E-state index in [1.54, 1.807) is 0 Å². The molecule has 5 heterocycles. The predicted molar refractivity (Wildman–Crippen MR) is 210 cm³/mol. The Morgan fingerprint density at radius 1 is 0.593 bits per heavy atom. The topological polar surface area (TPSA) is 45.7 Å². The molecule has 11 aromatic rings. The number of para-hydroxylation sites is 3. The van der Waals surface area contributed by atoms with E-state index >= 15 is 0 Å². The molecule has 0 saturated heterocycles. The molecule has 8 heteroatoms. The van der Waals surface area contributed by atoms with E-state index in [1.165, 1.54) is 32.6 Å². The number of pyridine rings is 1. The fraction of sp³-hybridized carbons (Fsp3) is 0.0435. The number of benzene rings is 6. The fourth-order valence-electron chi connectivity index (χ4n) is 8.23. The van der Waals surface area contributed by atoms with Crippen molar-refractivity contribution in [1.82, 2.24) is 23.3 Å². The molecule has 0 N–H and O–H groups in total. The smallest absolute Gasteiger partial charge is 0.241 e. The van der Waals surface area contributed by atoms with Crippen molar-refractivity contribution in [2.75, 3.05) is 0 Å². The molecule has 0 radical (unpaired) electrons. The monoisotopic (exact) mass is 877 g/mol. The van der Waals surface area contributed by atoms with Gasteiger partial charge in [-0.3, -0.25) is 0 Å². The Hall–Kier alpha value is -6.43. The first-order chi connectivity index (χ1) is 26.1. The molecule has 7 nitrogen and oxygen atoms in total. The van der Waals surface area contributed by atoms with Gasteiger partial charge in [-0.05, 0) is 41.8 Å². The van der Waals surface area contributed by atoms with E-state index in [1.807, 2.05) is 71.2 Å². The van der Waals surface area contributed by atoms with Crippen LogP contribution in [-0.2, 0) is 35.2 Å². The summed E-state index contributed by atoms with van der Waals surface area (Å²) in [4.78, 5) is 4.97. The van der Waals surface area contributed by atoms with Crippen LogP contribution in [0.25, 0.3) is 82.6 Å². The van der Waals surface area contributed by atoms with Crippen LogP contribution in [0.4, 0.5) is 0 Å². The van der Waals surface area contributed by atoms with Crippen LogP contribution in [0, 0.1) is 18.5 Å². The molecule has 0 unspecified atom stereocenters. The molecule has 0 aliphatic carbocycles. The summed E-state index contributed by atoms with van der Waals surface area (Å²) in [6.07, 6.45) is 8.99. The molecule has 0 aliphatic rings. The van der Waals surface area contributed by atoms with Gasteiger partial charge in [0, 0.05) is 91.0 Å². The van der Waals surface area contributed by atoms with Crippen molar-refractivity contribution in [3.05, 3.63) is 164 Å². The van der Waals surface area contributed by atoms with E-state index in [4.69, 9.17) is 9.72 Å². The molecule has 11 rings (SSSR count). The molecule has 0 amide bonds. The first-order valence-electron chi connectivity index (χ1n) is 17.6. The third-order valence-corrected chi connectivity index (χ3v) is 10.4. The molecule has 0 bridgehead atoms. The van der Waals surface area contributed by atoms with Crippen molar-refractivity contribution in [3.63, 3.8) is 0 Å². The largest absolute Gasteiger partial charge is 0.510 e. The van der Waals surface area contributed by atoms with Crippen LogP contribution in [-0.4, -0.2) is 23.3 Å². The first kappa shape index (κ1) is 32.2. The standard InChI is InChI=1S/C46H30N6O.Pt/c1-48-25-26-50(29-48)31-15-12-16-32(27-31)53-33-22-23-36-39(28-33)52(40-21-10-11-24-47-40)45-42(36)41-34-17-6-8-19-37(34)49(2)44(41)43-35-18-7-9-20-38(35)51(46(43)45)30-13-4-3-5-14-30;/h3-26H,1-2H3;/q-2;. The van der Waals surface area contributed by atoms with Crippen molar-refractivity contribution >= 4 is 65.4 Å². The molecule has 0 atom stereocenters. The molecule has 6 aromatic carbocycles. The van der Waals surface area contributed by atoms with E-state index in [2.05, 4.69) is 130 Å². The molecule has 5 aromatic heterocycles. The summed E-state index contributed by atoms with van der Waals surface area (Å²) < 4.78 is 17.4. The number of ether oxygens (including phenoxy) is 1. The Bertz CT molecular complexity index is 3230. The number of hydrogen-bond acceptors (Lipinski definition) is 2. The zero-order valence-electron chi connectivity index (χ0n) is 29.3. The molecular weight excluding hydrogens is 848 g/mol. The van der Waals surface area contributed by atoms with Gasteiger partial charge in [0.15, 0.2) is 0 Å². The Kier molecular flexibility index (Phi) is 7.36. The van der Waals surface area contributed by atoms with E-state index in [-0.39, 0.29) is 21.1 Å². The minimum absolute atomic E-state index is 0. The van der Waals surface area contributed by atoms with Crippen molar-refractivity contribution in [1.29, 1.82) is 0 Å². The van der Waals surface area contributed by atoms with Gasteiger partial charge in [0.1, 0.15) is 5.82 Å². The first-order valence-corrected chi connectivity index (χ1v) is 17.6. The Morgan fingerprint density at radius 2 is 1.30 bits per heavy atom. The van der Waals surface area contributed by atoms with Crippen molar-refractivity contribution in [2.24, 2.45) is 14.1 Å². The summed E-state index contributed by atoms with van der Waals surface area (Å²) >= 11 is 0. The van der Waals surface area contributed by atoms with Gasteiger partial charge >= 0.3 is 0 Å². The maximum atomic E-state index is 6.54. The van der Waals surface area contributed by atoms with Crippen LogP contribution in [0.5, 0.6) is 11.5 Å². The zero-order valence-corrected chi connectivity index (χ0v) is 31.5. The molecule has 262 valence electrons. The number of rotatable bonds is 5. The summed E-state index contributed by atoms with van der Waals surface area (Å²) in [6.45, 7) is 0. The van der Waals surface area contributed by atoms with Gasteiger partial charge in [0.25, 0.3) is 0 Å². The van der Waals surface area contributed by atoms with E-state index in [0.717, 1.165) is 50.0 Å². The molecule has 0 aliphatic heterocycles. The quantitative estimate of drug-likeness (QED) is 0.128. The zero-order chi connectivity index (χ0) is 35.2. The second-order valence-electron chi connectivity index (χ2n) is 13.4. The summed E-state index contributed by atoms with van der Waals surface area (Å²) in [5.41, 5.74) is 8.50. The maximum Gasteiger partial charge on any atom is 0.241 e. The number of aromatic nitrogens is 6. The van der Waals surface area contributed by atoms with Gasteiger partial charge in [-0.2, -0.15) is 18.2 Å². The van der Waals surface area contributed by atoms with Crippen molar-refractivity contribution < 1.29 is 30.4 Å². The van der Waals surface area contributed by atoms with Gasteiger partial charge in [-0.15, -0.1) is 29.7 Å². The third-order valence-electron chi connectivity index (χ3n) is 10.4. The molecule has 0 spiro atoms. The van der Waals surface area contributed by atoms with E-state index in [0.29, 0.717) is 11.5 Å². The summed E-state index contributed by atoms with van der Waals surface area (Å²) in [5, 5.41) is 7.02. The Balaban J connectivity index is 0.00000361. The van der Waals surface area contributed by atoms with Gasteiger partial charge < -0.3 is 27.6 Å². The van der Waals surface area contributed by atoms with Crippen LogP contribution < -0.4 is 9.30 Å². The van der Waals surface area contributed by atoms with Gasteiger partial charge in [-0.1, -0.05) is 71.9 Å². The average Bonchev–Trinajstić information content (AvgIpc) is 3.95. The molecule has 54 heavy (non-hydrogen) atoms. The minimum Gasteiger partial charge on any atom is -0.510 e. The SMILES string of the molecule is Cn1[c-][n+](-c2[c-]c(Oc3[c-]c4c(cc3)c3c5c6ccccc6n(C)c5c5c6ccccc6n(-c6ccccc6)c5c3n4-c3ccccn3)ccc2)cc1.[Pt]. The van der Waals surface area contributed by atoms with Gasteiger partial charge in [-0.25, -0.2) is 4.98 Å². The fourth-order valence-corrected chi connectivity index (χ4v) is 8.23. The van der Waals surface area contributed by atoms with Crippen LogP contribution in [0.2, 0.25) is 0 Å². The molecule has 0 saturated carbocycles. The van der Waals surface area contributed by atoms with Crippen LogP contribution >= 0.6 is 0 Å². The Morgan fingerprint density at radius 3 is 2.07 bits per heavy atom. The van der Waals surface area contributed by atoms with Crippen LogP contribution in [0.15, 0.2) is 146 Å². The van der Waals surface area contributed by atoms with Crippen LogP contribution in [0.1, 0.15) is 0 Å². The Labute approximate surface area is 324 Å². The minimum atomic E-state index is 0. The molecule has 0 fully saturated rings. The van der Waals surface area contributed by atoms with Gasteiger partial charge in [0.05, 0.1) is 29.1 Å². The van der Waals surface area contributed by atoms with E-state index < -0.39 is 0 Å². The van der Waals surface area contributed by atoms with Crippen molar-refractivity contribution in [3.8, 4) is 28.7 Å². The summed E-state index contributed by atoms with van der Waals surface area (Å²) in [5.74, 6) is 1.98. The normalized spacial score (nSPS) is 11.7. The maximum absolute atomic E-state index is 6.54. The van der Waals surface area contributed by atoms with Crippen molar-refractivity contribution in [2.45, 2.75) is 0 Å². The number of nitrogens with zero attached hydrogens (tertiary/aromatic N) is 6. The number of aryl methyl sites for hydroxylation is 2. The molecular formula is C46H30N6OPt-2. The second kappa shape index (κ2) is 12.3. The number of fused-ring (bicyclic) bond motifs is 12. The number of imidazole rings is 1. The third kappa shape index (κ3) is 4.65. The van der Waals surface area contributed by atoms with Crippen LogP contribution in [0.3, 0.4) is 0 Å². The van der Waals surface area contributed by atoms with Gasteiger partial charge in [0.2, 0.25) is 6.33 Å². The second-order valence-corrected chi connectivity index (χ2v) is 13.4. The van der Waals surface area contributed by atoms with E-state index in [9.17, 15) is 0 Å². The summed E-state index contributed by atoms with van der Waals surface area (Å²) in [7, 11) is 4.14. The number of hydrogen-bond donors (Lipinski definition) is 0. The predicted octanol–water partition coefficient (Wildman–Crippen LogP) is 9.73. The summed E-state index contributed by atoms with van der Waals surface area (Å²) in [6, 6.07) is 51.4. The average molecular weight is 878 g/mol.